The second kappa shape index (κ2) is 79.3. The first kappa shape index (κ1) is 87.8. The van der Waals surface area contributed by atoms with E-state index in [2.05, 4.69) is 55.6 Å². The average Bonchev–Trinajstić information content (AvgIpc) is 3.59. The summed E-state index contributed by atoms with van der Waals surface area (Å²) in [6.07, 6.45) is 105. The van der Waals surface area contributed by atoms with Gasteiger partial charge in [0, 0.05) is 12.8 Å². The molecule has 0 aliphatic carbocycles. The first-order valence-corrected chi connectivity index (χ1v) is 40.9. The number of nitrogens with one attached hydrogen (secondary N) is 1. The number of unbranched alkanes of at least 4 members (excludes halogenated alkanes) is 60. The summed E-state index contributed by atoms with van der Waals surface area (Å²) in [5.74, 6) is -0.0497. The molecule has 0 rings (SSSR count). The predicted molar refractivity (Wildman–Crippen MR) is 398 cm³/mol. The fraction of sp³-hybridized carbons (Fsp3) is 0.881. The van der Waals surface area contributed by atoms with Crippen LogP contribution in [0.4, 0.5) is 0 Å². The maximum atomic E-state index is 12.6. The van der Waals surface area contributed by atoms with E-state index in [9.17, 15) is 19.8 Å². The number of rotatable bonds is 77. The number of carbonyl (C=O) groups is 2. The van der Waals surface area contributed by atoms with E-state index in [4.69, 9.17) is 4.74 Å². The fourth-order valence-electron chi connectivity index (χ4n) is 12.8. The van der Waals surface area contributed by atoms with Crippen LogP contribution in [0.5, 0.6) is 0 Å². The highest BCUT2D eigenvalue weighted by molar-refractivity contribution is 5.76. The lowest BCUT2D eigenvalue weighted by atomic mass is 10.0. The van der Waals surface area contributed by atoms with Crippen LogP contribution < -0.4 is 5.32 Å². The van der Waals surface area contributed by atoms with Crippen LogP contribution >= 0.6 is 0 Å². The zero-order chi connectivity index (χ0) is 64.9. The van der Waals surface area contributed by atoms with Gasteiger partial charge in [-0.05, 0) is 89.9 Å². The number of hydrogen-bond donors (Lipinski definition) is 3. The minimum atomic E-state index is -0.846. The molecule has 0 aliphatic rings. The van der Waals surface area contributed by atoms with Gasteiger partial charge in [0.25, 0.3) is 0 Å². The Balaban J connectivity index is 3.41. The molecule has 6 heteroatoms. The summed E-state index contributed by atoms with van der Waals surface area (Å²) in [6, 6.07) is -0.630. The lowest BCUT2D eigenvalue weighted by molar-refractivity contribution is -0.143. The van der Waals surface area contributed by atoms with Crippen molar-refractivity contribution in [2.24, 2.45) is 0 Å². The van der Waals surface area contributed by atoms with Crippen molar-refractivity contribution in [1.82, 2.24) is 5.32 Å². The Kier molecular flexibility index (Phi) is 77.3. The van der Waals surface area contributed by atoms with Crippen molar-refractivity contribution in [3.05, 3.63) is 48.6 Å². The molecule has 0 spiro atoms. The fourth-order valence-corrected chi connectivity index (χ4v) is 12.8. The van der Waals surface area contributed by atoms with Gasteiger partial charge in [-0.1, -0.05) is 396 Å². The summed E-state index contributed by atoms with van der Waals surface area (Å²) >= 11 is 0. The topological polar surface area (TPSA) is 95.9 Å². The minimum absolute atomic E-state index is 0.0132. The second-order valence-corrected chi connectivity index (χ2v) is 28.1. The molecule has 0 bridgehead atoms. The molecule has 530 valence electrons. The third-order valence-electron chi connectivity index (χ3n) is 19.1. The van der Waals surface area contributed by atoms with Gasteiger partial charge in [0.2, 0.25) is 5.91 Å². The quantitative estimate of drug-likeness (QED) is 0.0320. The third-order valence-corrected chi connectivity index (χ3v) is 19.1. The Hall–Kier alpha value is -2.18. The molecule has 0 saturated heterocycles. The van der Waals surface area contributed by atoms with Crippen molar-refractivity contribution < 1.29 is 24.5 Å². The average molecular weight is 1260 g/mol. The van der Waals surface area contributed by atoms with Crippen LogP contribution in [0.2, 0.25) is 0 Å². The molecule has 0 fully saturated rings. The van der Waals surface area contributed by atoms with Gasteiger partial charge in [-0.15, -0.1) is 0 Å². The third kappa shape index (κ3) is 74.9. The minimum Gasteiger partial charge on any atom is -0.466 e. The van der Waals surface area contributed by atoms with Gasteiger partial charge in [0.1, 0.15) is 0 Å². The smallest absolute Gasteiger partial charge is 0.305 e. The van der Waals surface area contributed by atoms with Gasteiger partial charge in [0.05, 0.1) is 25.4 Å². The number of allylic oxidation sites excluding steroid dienone is 7. The Labute approximate surface area is 563 Å². The maximum absolute atomic E-state index is 12.6. The zero-order valence-corrected chi connectivity index (χ0v) is 60.9. The van der Waals surface area contributed by atoms with Crippen molar-refractivity contribution in [2.75, 3.05) is 13.2 Å². The zero-order valence-electron chi connectivity index (χ0n) is 60.9. The normalized spacial score (nSPS) is 12.7. The Morgan fingerprint density at radius 3 is 0.856 bits per heavy atom. The molecule has 2 atom stereocenters. The molecule has 0 radical (unpaired) electrons. The number of ether oxygens (including phenoxy) is 1. The molecule has 0 aliphatic heterocycles. The summed E-state index contributed by atoms with van der Waals surface area (Å²) < 4.78 is 5.51. The highest BCUT2D eigenvalue weighted by atomic mass is 16.5. The molecule has 0 saturated carbocycles. The van der Waals surface area contributed by atoms with E-state index in [-0.39, 0.29) is 18.5 Å². The molecule has 1 amide bonds. The highest BCUT2D eigenvalue weighted by Crippen LogP contribution is 2.19. The molecule has 0 heterocycles. The summed E-state index contributed by atoms with van der Waals surface area (Å²) in [4.78, 5) is 24.7. The summed E-state index contributed by atoms with van der Waals surface area (Å²) in [7, 11) is 0. The summed E-state index contributed by atoms with van der Waals surface area (Å²) in [5.41, 5.74) is 0. The van der Waals surface area contributed by atoms with Crippen molar-refractivity contribution in [3.63, 3.8) is 0 Å². The molecule has 0 aromatic carbocycles. The van der Waals surface area contributed by atoms with Crippen LogP contribution in [0.25, 0.3) is 0 Å². The molecule has 6 nitrogen and oxygen atoms in total. The number of amides is 1. The van der Waals surface area contributed by atoms with E-state index in [0.29, 0.717) is 19.4 Å². The predicted octanol–water partition coefficient (Wildman–Crippen LogP) is 27.2. The molecular formula is C84H159NO5. The van der Waals surface area contributed by atoms with Crippen LogP contribution in [0.1, 0.15) is 450 Å². The van der Waals surface area contributed by atoms with Gasteiger partial charge in [-0.2, -0.15) is 0 Å². The largest absolute Gasteiger partial charge is 0.466 e. The molecule has 90 heavy (non-hydrogen) atoms. The first-order chi connectivity index (χ1) is 44.5. The Bertz CT molecular complexity index is 1500. The summed E-state index contributed by atoms with van der Waals surface area (Å²) in [6.45, 7) is 4.94. The standard InChI is InChI=1S/C84H159NO5/c1-3-5-7-9-11-13-15-17-19-21-23-24-34-37-41-44-48-52-56-60-64-68-72-76-82(87)81(80-86)85-83(88)77-73-69-65-61-57-53-49-45-42-38-35-32-30-28-26-25-27-29-31-33-36-39-43-47-51-55-59-63-67-71-75-79-90-84(89)78-74-70-66-62-58-54-50-46-40-22-20-18-16-14-12-10-8-6-4-2/h18,20,27,29,33,36,72,76,81-82,86-87H,3-17,19,21-26,28,30-32,34-35,37-71,73-75,77-80H2,1-2H3,(H,85,88)/b20-18-,29-27-,36-33-,76-72+. The number of hydrogen-bond acceptors (Lipinski definition) is 5. The summed E-state index contributed by atoms with van der Waals surface area (Å²) in [5, 5.41) is 23.3. The lowest BCUT2D eigenvalue weighted by Crippen LogP contribution is -2.45. The number of esters is 1. The molecular weight excluding hydrogens is 1100 g/mol. The second-order valence-electron chi connectivity index (χ2n) is 28.1. The van der Waals surface area contributed by atoms with E-state index in [1.807, 2.05) is 6.08 Å². The number of aliphatic hydroxyl groups excluding tert-OH is 2. The monoisotopic (exact) mass is 1260 g/mol. The molecule has 0 aromatic rings. The van der Waals surface area contributed by atoms with Crippen molar-refractivity contribution in [1.29, 1.82) is 0 Å². The highest BCUT2D eigenvalue weighted by Gasteiger charge is 2.18. The maximum Gasteiger partial charge on any atom is 0.305 e. The lowest BCUT2D eigenvalue weighted by Gasteiger charge is -2.20. The van der Waals surface area contributed by atoms with E-state index >= 15 is 0 Å². The molecule has 2 unspecified atom stereocenters. The van der Waals surface area contributed by atoms with Crippen LogP contribution in [-0.2, 0) is 14.3 Å². The van der Waals surface area contributed by atoms with Gasteiger partial charge >= 0.3 is 5.97 Å². The first-order valence-electron chi connectivity index (χ1n) is 40.9. The van der Waals surface area contributed by atoms with Gasteiger partial charge in [-0.3, -0.25) is 9.59 Å². The van der Waals surface area contributed by atoms with E-state index < -0.39 is 12.1 Å². The van der Waals surface area contributed by atoms with Gasteiger partial charge in [0.15, 0.2) is 0 Å². The van der Waals surface area contributed by atoms with Crippen LogP contribution in [0.3, 0.4) is 0 Å². The van der Waals surface area contributed by atoms with Crippen LogP contribution in [0, 0.1) is 0 Å². The van der Waals surface area contributed by atoms with E-state index in [0.717, 1.165) is 51.4 Å². The van der Waals surface area contributed by atoms with Crippen LogP contribution in [0.15, 0.2) is 48.6 Å². The van der Waals surface area contributed by atoms with Crippen molar-refractivity contribution in [3.8, 4) is 0 Å². The van der Waals surface area contributed by atoms with Gasteiger partial charge < -0.3 is 20.3 Å². The molecule has 0 aromatic heterocycles. The Morgan fingerprint density at radius 1 is 0.311 bits per heavy atom. The SMILES string of the molecule is CCCCCCCC/C=C\CCCCCCCCCCCC(=O)OCCCCCCCCCCC/C=C\C/C=C\CCCCCCCCCCCCCCCCCC(=O)NC(CO)C(O)/C=C/CCCCCCCCCCCCCCCCCCCCCCC. The Morgan fingerprint density at radius 2 is 0.556 bits per heavy atom. The molecule has 3 N–H and O–H groups in total. The van der Waals surface area contributed by atoms with Crippen LogP contribution in [-0.4, -0.2) is 47.4 Å². The van der Waals surface area contributed by atoms with Gasteiger partial charge in [-0.25, -0.2) is 0 Å². The van der Waals surface area contributed by atoms with E-state index in [1.165, 1.54) is 372 Å². The van der Waals surface area contributed by atoms with E-state index in [1.54, 1.807) is 6.08 Å². The van der Waals surface area contributed by atoms with Crippen molar-refractivity contribution in [2.45, 2.75) is 463 Å². The van der Waals surface area contributed by atoms with Crippen molar-refractivity contribution >= 4 is 11.9 Å². The number of aliphatic hydroxyl groups is 2. The number of carbonyl (C=O) groups excluding carboxylic acids is 2.